The molecule has 1 aliphatic rings. The highest BCUT2D eigenvalue weighted by molar-refractivity contribution is 6.08. The van der Waals surface area contributed by atoms with Gasteiger partial charge in [0.2, 0.25) is 11.8 Å². The van der Waals surface area contributed by atoms with Gasteiger partial charge >= 0.3 is 5.97 Å². The third-order valence-electron chi connectivity index (χ3n) is 7.16. The van der Waals surface area contributed by atoms with Gasteiger partial charge in [0.15, 0.2) is 0 Å². The molecule has 3 unspecified atom stereocenters. The van der Waals surface area contributed by atoms with E-state index in [2.05, 4.69) is 17.2 Å². The summed E-state index contributed by atoms with van der Waals surface area (Å²) in [6, 6.07) is 5.07. The zero-order valence-corrected chi connectivity index (χ0v) is 24.2. The lowest BCUT2D eigenvalue weighted by atomic mass is 9.75. The summed E-state index contributed by atoms with van der Waals surface area (Å²) in [5.74, 6) is -3.39. The van der Waals surface area contributed by atoms with Crippen molar-refractivity contribution in [2.24, 2.45) is 16.8 Å². The number of carbonyl (C=O) groups excluding carboxylic acids is 3. The number of likely N-dealkylation sites (N-methyl/N-ethyl adjacent to an activating group) is 1. The molecule has 0 aromatic heterocycles. The third kappa shape index (κ3) is 7.97. The van der Waals surface area contributed by atoms with E-state index in [-0.39, 0.29) is 23.1 Å². The standard InChI is InChI=1S/C29H42N4O6/c1-8-9-10-11-12-16-32(6)28(35)26(18(2)3)31-27(34)23-19(4)30-20(5)24(29(36)39-7)25(23)21-14-13-15-22(17-21)33(37)38/h13-15,17-18,24-26H,8-12,16H2,1-7H3,(H,31,34). The van der Waals surface area contributed by atoms with E-state index in [9.17, 15) is 24.5 Å². The van der Waals surface area contributed by atoms with E-state index in [1.807, 2.05) is 13.8 Å². The number of hydrogen-bond acceptors (Lipinski definition) is 7. The van der Waals surface area contributed by atoms with Crippen molar-refractivity contribution < 1.29 is 24.0 Å². The van der Waals surface area contributed by atoms with Gasteiger partial charge < -0.3 is 15.0 Å². The molecule has 0 saturated heterocycles. The largest absolute Gasteiger partial charge is 0.468 e. The average Bonchev–Trinajstić information content (AvgIpc) is 2.89. The molecule has 2 rings (SSSR count). The number of allylic oxidation sites excluding steroid dienone is 1. The second-order valence-electron chi connectivity index (χ2n) is 10.5. The van der Waals surface area contributed by atoms with E-state index in [0.29, 0.717) is 23.5 Å². The molecule has 0 spiro atoms. The molecule has 3 atom stereocenters. The van der Waals surface area contributed by atoms with Crippen molar-refractivity contribution in [3.63, 3.8) is 0 Å². The lowest BCUT2D eigenvalue weighted by Gasteiger charge is -2.33. The second-order valence-corrected chi connectivity index (χ2v) is 10.5. The maximum absolute atomic E-state index is 13.9. The Morgan fingerprint density at radius 2 is 1.82 bits per heavy atom. The van der Waals surface area contributed by atoms with Crippen LogP contribution in [-0.4, -0.2) is 60.1 Å². The van der Waals surface area contributed by atoms with Gasteiger partial charge in [0.05, 0.1) is 12.0 Å². The van der Waals surface area contributed by atoms with Crippen molar-refractivity contribution in [2.75, 3.05) is 20.7 Å². The fourth-order valence-corrected chi connectivity index (χ4v) is 4.99. The molecule has 10 nitrogen and oxygen atoms in total. The van der Waals surface area contributed by atoms with Crippen LogP contribution in [0.25, 0.3) is 0 Å². The van der Waals surface area contributed by atoms with Gasteiger partial charge in [0.25, 0.3) is 5.69 Å². The number of nitrogens with zero attached hydrogens (tertiary/aromatic N) is 3. The number of rotatable bonds is 13. The molecule has 39 heavy (non-hydrogen) atoms. The monoisotopic (exact) mass is 542 g/mol. The molecule has 1 aromatic carbocycles. The first kappa shape index (κ1) is 31.7. The molecule has 214 valence electrons. The number of nitro groups is 1. The summed E-state index contributed by atoms with van der Waals surface area (Å²) in [4.78, 5) is 57.2. The van der Waals surface area contributed by atoms with Gasteiger partial charge in [0.1, 0.15) is 12.0 Å². The molecule has 0 aliphatic carbocycles. The van der Waals surface area contributed by atoms with Crippen LogP contribution in [0.2, 0.25) is 0 Å². The number of nitrogens with one attached hydrogen (secondary N) is 1. The minimum atomic E-state index is -0.958. The quantitative estimate of drug-likeness (QED) is 0.165. The fraction of sp³-hybridized carbons (Fsp3) is 0.586. The van der Waals surface area contributed by atoms with Gasteiger partial charge in [-0.25, -0.2) is 0 Å². The first-order valence-corrected chi connectivity index (χ1v) is 13.6. The summed E-state index contributed by atoms with van der Waals surface area (Å²) in [6.07, 6.45) is 5.35. The predicted octanol–water partition coefficient (Wildman–Crippen LogP) is 4.79. The summed E-state index contributed by atoms with van der Waals surface area (Å²) >= 11 is 0. The predicted molar refractivity (Wildman–Crippen MR) is 150 cm³/mol. The second kappa shape index (κ2) is 14.6. The van der Waals surface area contributed by atoms with Gasteiger partial charge in [-0.3, -0.25) is 29.5 Å². The topological polar surface area (TPSA) is 131 Å². The molecular formula is C29H42N4O6. The summed E-state index contributed by atoms with van der Waals surface area (Å²) in [7, 11) is 2.98. The van der Waals surface area contributed by atoms with Crippen molar-refractivity contribution in [1.29, 1.82) is 0 Å². The van der Waals surface area contributed by atoms with Crippen LogP contribution in [0.1, 0.15) is 78.2 Å². The Morgan fingerprint density at radius 1 is 1.15 bits per heavy atom. The first-order chi connectivity index (χ1) is 18.4. The highest BCUT2D eigenvalue weighted by Crippen LogP contribution is 2.40. The molecule has 0 radical (unpaired) electrons. The SMILES string of the molecule is CCCCCCCN(C)C(=O)C(NC(=O)C1=C(C)N=C(C)C(C(=O)OC)C1c1cccc([N+](=O)[O-])c1)C(C)C. The van der Waals surface area contributed by atoms with Crippen LogP contribution < -0.4 is 5.32 Å². The Labute approximate surface area is 231 Å². The van der Waals surface area contributed by atoms with Crippen LogP contribution in [-0.2, 0) is 19.1 Å². The summed E-state index contributed by atoms with van der Waals surface area (Å²) in [6.45, 7) is 9.78. The molecule has 10 heteroatoms. The minimum absolute atomic E-state index is 0.163. The van der Waals surface area contributed by atoms with Crippen LogP contribution in [0, 0.1) is 22.0 Å². The van der Waals surface area contributed by atoms with E-state index < -0.39 is 34.7 Å². The number of nitro benzene ring substituents is 1. The van der Waals surface area contributed by atoms with Crippen LogP contribution in [0.5, 0.6) is 0 Å². The lowest BCUT2D eigenvalue weighted by Crippen LogP contribution is -2.51. The molecule has 0 fully saturated rings. The summed E-state index contributed by atoms with van der Waals surface area (Å²) < 4.78 is 5.04. The Morgan fingerprint density at radius 3 is 2.41 bits per heavy atom. The highest BCUT2D eigenvalue weighted by atomic mass is 16.6. The molecular weight excluding hydrogens is 500 g/mol. The van der Waals surface area contributed by atoms with E-state index >= 15 is 0 Å². The summed E-state index contributed by atoms with van der Waals surface area (Å²) in [5.41, 5.74) is 1.24. The Kier molecular flexibility index (Phi) is 11.8. The van der Waals surface area contributed by atoms with Gasteiger partial charge in [-0.15, -0.1) is 0 Å². The number of aliphatic imine (C=N–C) groups is 1. The zero-order valence-electron chi connectivity index (χ0n) is 24.2. The van der Waals surface area contributed by atoms with E-state index in [4.69, 9.17) is 4.74 Å². The number of methoxy groups -OCH3 is 1. The van der Waals surface area contributed by atoms with E-state index in [1.54, 1.807) is 31.9 Å². The first-order valence-electron chi connectivity index (χ1n) is 13.6. The number of unbranched alkanes of at least 4 members (excludes halogenated alkanes) is 4. The molecule has 1 aromatic rings. The normalized spacial score (nSPS) is 17.9. The van der Waals surface area contributed by atoms with Crippen molar-refractivity contribution >= 4 is 29.2 Å². The van der Waals surface area contributed by atoms with Crippen LogP contribution in [0.15, 0.2) is 40.5 Å². The molecule has 0 bridgehead atoms. The summed E-state index contributed by atoms with van der Waals surface area (Å²) in [5, 5.41) is 14.4. The smallest absolute Gasteiger partial charge is 0.315 e. The fourth-order valence-electron chi connectivity index (χ4n) is 4.99. The molecule has 1 heterocycles. The van der Waals surface area contributed by atoms with Crippen LogP contribution in [0.3, 0.4) is 0 Å². The molecule has 2 amide bonds. The third-order valence-corrected chi connectivity index (χ3v) is 7.16. The number of hydrogen-bond donors (Lipinski definition) is 1. The van der Waals surface area contributed by atoms with E-state index in [1.165, 1.54) is 25.3 Å². The molecule has 0 saturated carbocycles. The minimum Gasteiger partial charge on any atom is -0.468 e. The van der Waals surface area contributed by atoms with Crippen molar-refractivity contribution in [2.45, 2.75) is 78.7 Å². The van der Waals surface area contributed by atoms with Crippen molar-refractivity contribution in [3.05, 3.63) is 51.2 Å². The van der Waals surface area contributed by atoms with Crippen molar-refractivity contribution in [3.8, 4) is 0 Å². The molecule has 1 aliphatic heterocycles. The Balaban J connectivity index is 2.43. The van der Waals surface area contributed by atoms with Gasteiger partial charge in [-0.05, 0) is 31.7 Å². The van der Waals surface area contributed by atoms with Gasteiger partial charge in [-0.2, -0.15) is 0 Å². The van der Waals surface area contributed by atoms with Gasteiger partial charge in [-0.1, -0.05) is 58.6 Å². The maximum Gasteiger partial charge on any atom is 0.315 e. The molecule has 1 N–H and O–H groups in total. The van der Waals surface area contributed by atoms with Crippen LogP contribution in [0.4, 0.5) is 5.69 Å². The Bertz CT molecular complexity index is 1130. The number of amides is 2. The number of ether oxygens (including phenoxy) is 1. The Hall–Kier alpha value is -3.56. The number of carbonyl (C=O) groups is 3. The van der Waals surface area contributed by atoms with Crippen molar-refractivity contribution in [1.82, 2.24) is 10.2 Å². The van der Waals surface area contributed by atoms with E-state index in [0.717, 1.165) is 32.1 Å². The average molecular weight is 543 g/mol. The number of benzene rings is 1. The number of esters is 1. The zero-order chi connectivity index (χ0) is 29.3. The lowest BCUT2D eigenvalue weighted by molar-refractivity contribution is -0.384. The number of non-ortho nitro benzene ring substituents is 1. The van der Waals surface area contributed by atoms with Crippen LogP contribution >= 0.6 is 0 Å². The van der Waals surface area contributed by atoms with Gasteiger partial charge in [0, 0.05) is 48.6 Å². The highest BCUT2D eigenvalue weighted by Gasteiger charge is 2.43. The maximum atomic E-state index is 13.9.